The van der Waals surface area contributed by atoms with Crippen molar-refractivity contribution >= 4 is 11.6 Å². The van der Waals surface area contributed by atoms with E-state index in [1.54, 1.807) is 26.8 Å². The number of aliphatic hydroxyl groups is 4. The van der Waals surface area contributed by atoms with E-state index in [1.165, 1.54) is 19.1 Å². The molecule has 0 unspecified atom stereocenters. The van der Waals surface area contributed by atoms with Gasteiger partial charge in [-0.05, 0) is 51.3 Å². The maximum absolute atomic E-state index is 12.4. The van der Waals surface area contributed by atoms with Gasteiger partial charge in [-0.1, -0.05) is 12.2 Å². The molecule has 1 rings (SSSR count). The van der Waals surface area contributed by atoms with E-state index < -0.39 is 42.9 Å². The van der Waals surface area contributed by atoms with Gasteiger partial charge in [0.15, 0.2) is 17.9 Å². The molecule has 0 amide bonds. The fraction of sp³-hybridized carbons (Fsp3) is 0.619. The summed E-state index contributed by atoms with van der Waals surface area (Å²) in [4.78, 5) is 23.5. The molecule has 1 aliphatic rings. The van der Waals surface area contributed by atoms with Crippen molar-refractivity contribution in [2.45, 2.75) is 76.8 Å². The largest absolute Gasteiger partial charge is 0.394 e. The van der Waals surface area contributed by atoms with Gasteiger partial charge in [0.2, 0.25) is 0 Å². The summed E-state index contributed by atoms with van der Waals surface area (Å²) in [7, 11) is 0. The second-order valence-electron chi connectivity index (χ2n) is 7.58. The Morgan fingerprint density at radius 3 is 2.24 bits per heavy atom. The van der Waals surface area contributed by atoms with Crippen molar-refractivity contribution in [2.24, 2.45) is 0 Å². The molecule has 0 spiro atoms. The lowest BCUT2D eigenvalue weighted by Crippen LogP contribution is -2.60. The number of ether oxygens (including phenoxy) is 2. The number of carbonyl (C=O) groups excluding carboxylic acids is 2. The lowest BCUT2D eigenvalue weighted by Gasteiger charge is -2.42. The SMILES string of the molecule is C=C[C@](C)(CCC(=O)/C(C)=C/C(C)=C/C(C)=O)O[C@H]1O[C@H](CO)[C@@H](O)[C@H](O)[C@H]1O. The summed E-state index contributed by atoms with van der Waals surface area (Å²) in [6.45, 7) is 9.61. The molecule has 0 aromatic rings. The summed E-state index contributed by atoms with van der Waals surface area (Å²) < 4.78 is 11.1. The highest BCUT2D eigenvalue weighted by atomic mass is 16.7. The zero-order chi connectivity index (χ0) is 22.4. The van der Waals surface area contributed by atoms with Crippen LogP contribution in [0, 0.1) is 0 Å². The highest BCUT2D eigenvalue weighted by molar-refractivity contribution is 5.95. The van der Waals surface area contributed by atoms with Gasteiger partial charge in [-0.2, -0.15) is 0 Å². The van der Waals surface area contributed by atoms with E-state index in [2.05, 4.69) is 6.58 Å². The third-order valence-electron chi connectivity index (χ3n) is 4.83. The lowest BCUT2D eigenvalue weighted by atomic mass is 9.94. The van der Waals surface area contributed by atoms with Crippen LogP contribution in [0.15, 0.2) is 36.0 Å². The molecule has 6 atom stereocenters. The third-order valence-corrected chi connectivity index (χ3v) is 4.83. The minimum absolute atomic E-state index is 0.105. The Kier molecular flexibility index (Phi) is 9.54. The molecule has 29 heavy (non-hydrogen) atoms. The van der Waals surface area contributed by atoms with Crippen LogP contribution in [-0.4, -0.2) is 74.9 Å². The number of rotatable bonds is 10. The average molecular weight is 412 g/mol. The van der Waals surface area contributed by atoms with E-state index >= 15 is 0 Å². The van der Waals surface area contributed by atoms with Gasteiger partial charge in [-0.3, -0.25) is 9.59 Å². The molecule has 0 aliphatic carbocycles. The Bertz CT molecular complexity index is 666. The number of carbonyl (C=O) groups is 2. The van der Waals surface area contributed by atoms with Crippen molar-refractivity contribution in [1.82, 2.24) is 0 Å². The third kappa shape index (κ3) is 7.26. The zero-order valence-corrected chi connectivity index (χ0v) is 17.4. The molecular formula is C21H32O8. The van der Waals surface area contributed by atoms with Crippen molar-refractivity contribution in [3.63, 3.8) is 0 Å². The highest BCUT2D eigenvalue weighted by Gasteiger charge is 2.46. The maximum Gasteiger partial charge on any atom is 0.187 e. The first-order valence-corrected chi connectivity index (χ1v) is 9.46. The van der Waals surface area contributed by atoms with Gasteiger partial charge in [0.1, 0.15) is 24.4 Å². The fourth-order valence-corrected chi connectivity index (χ4v) is 2.98. The van der Waals surface area contributed by atoms with E-state index in [4.69, 9.17) is 9.47 Å². The van der Waals surface area contributed by atoms with Crippen molar-refractivity contribution in [3.8, 4) is 0 Å². The number of hydrogen-bond acceptors (Lipinski definition) is 8. The maximum atomic E-state index is 12.4. The molecule has 0 aromatic carbocycles. The Morgan fingerprint density at radius 1 is 1.10 bits per heavy atom. The standard InChI is InChI=1S/C21H32O8/c1-6-21(5,8-7-15(24)13(3)9-12(2)10-14(4)23)29-20-19(27)18(26)17(25)16(11-22)28-20/h6,9-10,16-20,22,25-27H,1,7-8,11H2,2-5H3/b12-10+,13-9+/t16-,17-,18+,19-,20-,21-/m1/s1. The van der Waals surface area contributed by atoms with Crippen LogP contribution in [0.25, 0.3) is 0 Å². The molecule has 1 fully saturated rings. The van der Waals surface area contributed by atoms with Gasteiger partial charge in [0.25, 0.3) is 0 Å². The van der Waals surface area contributed by atoms with Crippen LogP contribution in [0.5, 0.6) is 0 Å². The van der Waals surface area contributed by atoms with Crippen molar-refractivity contribution in [1.29, 1.82) is 0 Å². The molecule has 164 valence electrons. The first-order valence-electron chi connectivity index (χ1n) is 9.46. The first-order chi connectivity index (χ1) is 13.4. The van der Waals surface area contributed by atoms with Crippen LogP contribution in [0.3, 0.4) is 0 Å². The van der Waals surface area contributed by atoms with Crippen LogP contribution in [0.2, 0.25) is 0 Å². The summed E-state index contributed by atoms with van der Waals surface area (Å²) in [6.07, 6.45) is -2.13. The molecule has 1 saturated heterocycles. The molecule has 8 heteroatoms. The van der Waals surface area contributed by atoms with Crippen molar-refractivity contribution in [3.05, 3.63) is 36.0 Å². The fourth-order valence-electron chi connectivity index (χ4n) is 2.98. The second-order valence-corrected chi connectivity index (χ2v) is 7.58. The summed E-state index contributed by atoms with van der Waals surface area (Å²) in [6, 6.07) is 0. The van der Waals surface area contributed by atoms with Gasteiger partial charge in [0.05, 0.1) is 12.2 Å². The van der Waals surface area contributed by atoms with E-state index in [0.717, 1.165) is 0 Å². The molecule has 0 aromatic heterocycles. The number of aliphatic hydroxyl groups excluding tert-OH is 4. The van der Waals surface area contributed by atoms with Crippen LogP contribution >= 0.6 is 0 Å². The monoisotopic (exact) mass is 412 g/mol. The summed E-state index contributed by atoms with van der Waals surface area (Å²) in [5.74, 6) is -0.252. The predicted molar refractivity (Wildman–Crippen MR) is 106 cm³/mol. The zero-order valence-electron chi connectivity index (χ0n) is 17.4. The molecular weight excluding hydrogens is 380 g/mol. The van der Waals surface area contributed by atoms with Crippen molar-refractivity contribution < 1.29 is 39.5 Å². The Morgan fingerprint density at radius 2 is 1.72 bits per heavy atom. The molecule has 4 N–H and O–H groups in total. The minimum Gasteiger partial charge on any atom is -0.394 e. The van der Waals surface area contributed by atoms with E-state index in [0.29, 0.717) is 11.1 Å². The van der Waals surface area contributed by atoms with Gasteiger partial charge in [0, 0.05) is 6.42 Å². The van der Waals surface area contributed by atoms with Gasteiger partial charge in [-0.15, -0.1) is 6.58 Å². The predicted octanol–water partition coefficient (Wildman–Crippen LogP) is 0.578. The van der Waals surface area contributed by atoms with Crippen molar-refractivity contribution in [2.75, 3.05) is 6.61 Å². The van der Waals surface area contributed by atoms with E-state index in [9.17, 15) is 30.0 Å². The van der Waals surface area contributed by atoms with E-state index in [-0.39, 0.29) is 24.4 Å². The summed E-state index contributed by atoms with van der Waals surface area (Å²) in [5.41, 5.74) is 0.0834. The quantitative estimate of drug-likeness (QED) is 0.233. The molecule has 8 nitrogen and oxygen atoms in total. The minimum atomic E-state index is -1.55. The normalized spacial score (nSPS) is 30.6. The molecule has 1 heterocycles. The molecule has 0 bridgehead atoms. The van der Waals surface area contributed by atoms with Crippen LogP contribution in [0.4, 0.5) is 0 Å². The Balaban J connectivity index is 2.80. The number of hydrogen-bond donors (Lipinski definition) is 4. The number of allylic oxidation sites excluding steroid dienone is 4. The highest BCUT2D eigenvalue weighted by Crippen LogP contribution is 2.29. The average Bonchev–Trinajstić information content (AvgIpc) is 2.65. The Labute approximate surface area is 171 Å². The summed E-state index contributed by atoms with van der Waals surface area (Å²) >= 11 is 0. The van der Waals surface area contributed by atoms with Gasteiger partial charge < -0.3 is 29.9 Å². The summed E-state index contributed by atoms with van der Waals surface area (Å²) in [5, 5.41) is 39.1. The first kappa shape index (κ1) is 25.4. The lowest BCUT2D eigenvalue weighted by molar-refractivity contribution is -0.319. The smallest absolute Gasteiger partial charge is 0.187 e. The van der Waals surface area contributed by atoms with Crippen LogP contribution in [0.1, 0.15) is 40.5 Å². The number of ketones is 2. The molecule has 0 radical (unpaired) electrons. The van der Waals surface area contributed by atoms with Crippen LogP contribution < -0.4 is 0 Å². The van der Waals surface area contributed by atoms with Crippen LogP contribution in [-0.2, 0) is 19.1 Å². The number of Topliss-reactive ketones (excluding diaryl/α,β-unsaturated/α-hetero) is 1. The molecule has 0 saturated carbocycles. The second kappa shape index (κ2) is 10.9. The van der Waals surface area contributed by atoms with Gasteiger partial charge >= 0.3 is 0 Å². The Hall–Kier alpha value is -1.68. The van der Waals surface area contributed by atoms with E-state index in [1.807, 2.05) is 0 Å². The van der Waals surface area contributed by atoms with Gasteiger partial charge in [-0.25, -0.2) is 0 Å². The molecule has 1 aliphatic heterocycles. The topological polar surface area (TPSA) is 134 Å².